The summed E-state index contributed by atoms with van der Waals surface area (Å²) in [6.07, 6.45) is 5.52. The fourth-order valence-corrected chi connectivity index (χ4v) is 8.35. The van der Waals surface area contributed by atoms with E-state index < -0.39 is 12.0 Å². The third-order valence-corrected chi connectivity index (χ3v) is 10.3. The molecule has 3 aromatic rings. The average molecular weight is 597 g/mol. The average Bonchev–Trinajstić information content (AvgIpc) is 3.53. The molecule has 42 heavy (non-hydrogen) atoms. The van der Waals surface area contributed by atoms with E-state index >= 15 is 4.39 Å². The number of aromatic hydroxyl groups is 1. The van der Waals surface area contributed by atoms with E-state index in [0.717, 1.165) is 63.7 Å². The maximum atomic E-state index is 16.7. The molecule has 0 radical (unpaired) electrons. The largest absolute Gasteiger partial charge is 0.508 e. The number of benzene rings is 1. The van der Waals surface area contributed by atoms with Crippen LogP contribution in [0.5, 0.6) is 11.8 Å². The second-order valence-electron chi connectivity index (χ2n) is 13.0. The van der Waals surface area contributed by atoms with Crippen LogP contribution in [0.15, 0.2) is 12.1 Å². The molecule has 1 saturated carbocycles. The first-order chi connectivity index (χ1) is 20.3. The van der Waals surface area contributed by atoms with Gasteiger partial charge in [0.15, 0.2) is 5.82 Å². The molecule has 222 valence electrons. The van der Waals surface area contributed by atoms with Gasteiger partial charge in [-0.1, -0.05) is 11.6 Å². The van der Waals surface area contributed by atoms with Gasteiger partial charge in [0.05, 0.1) is 16.6 Å². The van der Waals surface area contributed by atoms with Crippen molar-refractivity contribution in [3.8, 4) is 23.0 Å². The minimum atomic E-state index is -0.873. The smallest absolute Gasteiger partial charge is 0.319 e. The lowest BCUT2D eigenvalue weighted by Crippen LogP contribution is -2.51. The van der Waals surface area contributed by atoms with Crippen LogP contribution in [0, 0.1) is 12.7 Å². The topological polar surface area (TPSA) is 86.6 Å². The summed E-state index contributed by atoms with van der Waals surface area (Å²) in [6, 6.07) is 3.84. The monoisotopic (exact) mass is 596 g/mol. The number of ether oxygens (including phenoxy) is 1. The maximum Gasteiger partial charge on any atom is 0.319 e. The Hall–Kier alpha value is -2.82. The number of hydrogen-bond donors (Lipinski definition) is 2. The predicted octanol–water partition coefficient (Wildman–Crippen LogP) is 5.27. The molecule has 6 heterocycles. The fraction of sp³-hybridized carbons (Fsp3) is 0.581. The van der Waals surface area contributed by atoms with Crippen LogP contribution < -0.4 is 15.0 Å². The second kappa shape index (κ2) is 9.86. The lowest BCUT2D eigenvalue weighted by Gasteiger charge is -2.35. The molecule has 5 aliphatic rings. The Kier molecular flexibility index (Phi) is 6.28. The Morgan fingerprint density at radius 1 is 1.12 bits per heavy atom. The van der Waals surface area contributed by atoms with Crippen molar-refractivity contribution < 1.29 is 18.6 Å². The van der Waals surface area contributed by atoms with E-state index in [1.807, 2.05) is 6.92 Å². The molecule has 2 bridgehead atoms. The van der Waals surface area contributed by atoms with E-state index in [0.29, 0.717) is 52.5 Å². The SMILES string of the molecule is Cc1nc(-c2cc(O)cc(Cl)c2C2CC2)c(F)c2nc(OC[C@@]34CCCN3C[C@H](F)C4)nc(N3CC4CCC(C3)N4)c12. The van der Waals surface area contributed by atoms with Gasteiger partial charge in [0, 0.05) is 48.7 Å². The number of halogens is 3. The van der Waals surface area contributed by atoms with Crippen LogP contribution in [0.1, 0.15) is 62.1 Å². The van der Waals surface area contributed by atoms with Crippen molar-refractivity contribution >= 4 is 28.3 Å². The van der Waals surface area contributed by atoms with Gasteiger partial charge in [0.2, 0.25) is 0 Å². The van der Waals surface area contributed by atoms with Crippen LogP contribution in [0.2, 0.25) is 5.02 Å². The molecule has 1 aromatic carbocycles. The molecule has 2 unspecified atom stereocenters. The summed E-state index contributed by atoms with van der Waals surface area (Å²) in [5, 5.41) is 15.0. The molecule has 11 heteroatoms. The van der Waals surface area contributed by atoms with E-state index in [-0.39, 0.29) is 41.0 Å². The summed E-state index contributed by atoms with van der Waals surface area (Å²) < 4.78 is 37.5. The van der Waals surface area contributed by atoms with Gasteiger partial charge in [-0.25, -0.2) is 13.8 Å². The van der Waals surface area contributed by atoms with Gasteiger partial charge in [-0.15, -0.1) is 0 Å². The van der Waals surface area contributed by atoms with E-state index in [2.05, 4.69) is 20.1 Å². The van der Waals surface area contributed by atoms with Gasteiger partial charge in [-0.2, -0.15) is 9.97 Å². The van der Waals surface area contributed by atoms with Crippen molar-refractivity contribution in [1.29, 1.82) is 0 Å². The number of nitrogens with one attached hydrogen (secondary N) is 1. The molecule has 8 nitrogen and oxygen atoms in total. The molecule has 1 aliphatic carbocycles. The van der Waals surface area contributed by atoms with Gasteiger partial charge in [0.1, 0.15) is 35.6 Å². The van der Waals surface area contributed by atoms with Gasteiger partial charge in [-0.3, -0.25) is 4.90 Å². The number of piperazine rings is 1. The third kappa shape index (κ3) is 4.40. The first-order valence-electron chi connectivity index (χ1n) is 15.2. The number of pyridine rings is 1. The molecular weight excluding hydrogens is 562 g/mol. The quantitative estimate of drug-likeness (QED) is 0.398. The number of phenolic OH excluding ortho intramolecular Hbond substituents is 1. The van der Waals surface area contributed by atoms with Gasteiger partial charge in [-0.05, 0) is 75.6 Å². The number of anilines is 1. The van der Waals surface area contributed by atoms with Crippen molar-refractivity contribution in [3.05, 3.63) is 34.2 Å². The summed E-state index contributed by atoms with van der Waals surface area (Å²) in [5.74, 6) is 0.206. The van der Waals surface area contributed by atoms with Crippen LogP contribution in [0.25, 0.3) is 22.2 Å². The molecule has 4 aliphatic heterocycles. The zero-order valence-electron chi connectivity index (χ0n) is 23.7. The van der Waals surface area contributed by atoms with Crippen LogP contribution in [-0.2, 0) is 0 Å². The van der Waals surface area contributed by atoms with Crippen molar-refractivity contribution in [2.45, 2.75) is 81.6 Å². The summed E-state index contributed by atoms with van der Waals surface area (Å²) >= 11 is 6.57. The van der Waals surface area contributed by atoms with Crippen LogP contribution in [-0.4, -0.2) is 81.5 Å². The van der Waals surface area contributed by atoms with E-state index in [4.69, 9.17) is 26.3 Å². The van der Waals surface area contributed by atoms with Crippen LogP contribution >= 0.6 is 11.6 Å². The lowest BCUT2D eigenvalue weighted by atomic mass is 9.95. The van der Waals surface area contributed by atoms with E-state index in [1.165, 1.54) is 6.07 Å². The zero-order chi connectivity index (χ0) is 28.7. The lowest BCUT2D eigenvalue weighted by molar-refractivity contribution is 0.107. The number of hydrogen-bond acceptors (Lipinski definition) is 8. The minimum absolute atomic E-state index is 0.0369. The molecular formula is C31H35ClF2N6O2. The molecule has 5 fully saturated rings. The molecule has 2 aromatic heterocycles. The summed E-state index contributed by atoms with van der Waals surface area (Å²) in [4.78, 5) is 18.7. The Balaban J connectivity index is 1.26. The van der Waals surface area contributed by atoms with Crippen molar-refractivity contribution in [3.63, 3.8) is 0 Å². The molecule has 4 atom stereocenters. The minimum Gasteiger partial charge on any atom is -0.508 e. The molecule has 0 spiro atoms. The summed E-state index contributed by atoms with van der Waals surface area (Å²) in [7, 11) is 0. The number of alkyl halides is 1. The van der Waals surface area contributed by atoms with Crippen molar-refractivity contribution in [2.24, 2.45) is 0 Å². The zero-order valence-corrected chi connectivity index (χ0v) is 24.4. The number of aromatic nitrogens is 3. The highest BCUT2D eigenvalue weighted by atomic mass is 35.5. The molecule has 0 amide bonds. The highest BCUT2D eigenvalue weighted by molar-refractivity contribution is 6.32. The molecule has 2 N–H and O–H groups in total. The Bertz CT molecular complexity index is 1580. The van der Waals surface area contributed by atoms with Crippen molar-refractivity contribution in [2.75, 3.05) is 37.7 Å². The van der Waals surface area contributed by atoms with Gasteiger partial charge >= 0.3 is 6.01 Å². The summed E-state index contributed by atoms with van der Waals surface area (Å²) in [5.41, 5.74) is 1.79. The first-order valence-corrected chi connectivity index (χ1v) is 15.6. The van der Waals surface area contributed by atoms with Crippen LogP contribution in [0.3, 0.4) is 0 Å². The predicted molar refractivity (Wildman–Crippen MR) is 157 cm³/mol. The number of nitrogens with zero attached hydrogens (tertiary/aromatic N) is 5. The molecule has 8 rings (SSSR count). The normalized spacial score (nSPS) is 29.0. The number of fused-ring (bicyclic) bond motifs is 4. The Labute approximate surface area is 248 Å². The highest BCUT2D eigenvalue weighted by Gasteiger charge is 2.49. The first kappa shape index (κ1) is 26.8. The maximum absolute atomic E-state index is 16.7. The number of phenols is 1. The Morgan fingerprint density at radius 3 is 2.67 bits per heavy atom. The third-order valence-electron chi connectivity index (χ3n) is 10.0. The second-order valence-corrected chi connectivity index (χ2v) is 13.4. The number of rotatable bonds is 6. The Morgan fingerprint density at radius 2 is 1.90 bits per heavy atom. The summed E-state index contributed by atoms with van der Waals surface area (Å²) in [6.45, 7) is 4.90. The van der Waals surface area contributed by atoms with E-state index in [9.17, 15) is 9.50 Å². The molecule has 4 saturated heterocycles. The van der Waals surface area contributed by atoms with Crippen molar-refractivity contribution in [1.82, 2.24) is 25.2 Å². The number of aryl methyl sites for hydroxylation is 1. The van der Waals surface area contributed by atoms with Gasteiger partial charge < -0.3 is 20.1 Å². The van der Waals surface area contributed by atoms with E-state index in [1.54, 1.807) is 6.07 Å². The highest BCUT2D eigenvalue weighted by Crippen LogP contribution is 2.49. The van der Waals surface area contributed by atoms with Crippen LogP contribution in [0.4, 0.5) is 14.6 Å². The fourth-order valence-electron chi connectivity index (χ4n) is 7.98. The van der Waals surface area contributed by atoms with Gasteiger partial charge in [0.25, 0.3) is 0 Å². The standard InChI is InChI=1S/C31H35ClF2N6O2/c1-16-24-28(26(34)27(35-16)22-9-21(41)10-23(32)25(22)17-3-4-17)37-30(38-29(24)39-13-19-5-6-20(14-39)36-19)42-15-31-7-2-8-40(31)12-18(33)11-31/h9-10,17-20,36,41H,2-8,11-15H2,1H3/t18-,19?,20?,31+/m1/s1.